The first kappa shape index (κ1) is 15.8. The van der Waals surface area contributed by atoms with Crippen LogP contribution in [0.1, 0.15) is 5.01 Å². The summed E-state index contributed by atoms with van der Waals surface area (Å²) in [6, 6.07) is 15.5. The van der Waals surface area contributed by atoms with Crippen LogP contribution in [0.15, 0.2) is 53.6 Å². The molecule has 0 atom stereocenters. The van der Waals surface area contributed by atoms with Gasteiger partial charge in [-0.25, -0.2) is 9.37 Å². The monoisotopic (exact) mass is 367 g/mol. The Morgan fingerprint density at radius 2 is 1.96 bits per heavy atom. The van der Waals surface area contributed by atoms with Gasteiger partial charge < -0.3 is 0 Å². The number of nitriles is 1. The molecule has 3 aromatic rings. The predicted molar refractivity (Wildman–Crippen MR) is 98.5 cm³/mol. The molecule has 0 N–H and O–H groups in total. The highest BCUT2D eigenvalue weighted by Gasteiger charge is 2.32. The SMILES string of the molecule is N#CC(=C1SCC(=O)N1c1ccc(F)cc1)c1nc2ccccc2s1. The molecule has 0 aliphatic carbocycles. The van der Waals surface area contributed by atoms with Gasteiger partial charge in [0.1, 0.15) is 27.5 Å². The molecular weight excluding hydrogens is 357 g/mol. The summed E-state index contributed by atoms with van der Waals surface area (Å²) in [6.45, 7) is 0. The van der Waals surface area contributed by atoms with E-state index in [9.17, 15) is 14.4 Å². The van der Waals surface area contributed by atoms with Crippen LogP contribution >= 0.6 is 23.1 Å². The van der Waals surface area contributed by atoms with Crippen LogP contribution in [-0.2, 0) is 4.79 Å². The lowest BCUT2D eigenvalue weighted by Gasteiger charge is -2.18. The van der Waals surface area contributed by atoms with E-state index in [4.69, 9.17) is 0 Å². The largest absolute Gasteiger partial charge is 0.273 e. The second-order valence-corrected chi connectivity index (χ2v) is 7.27. The van der Waals surface area contributed by atoms with Gasteiger partial charge in [-0.1, -0.05) is 23.9 Å². The number of hydrogen-bond acceptors (Lipinski definition) is 5. The quantitative estimate of drug-likeness (QED) is 0.630. The number of allylic oxidation sites excluding steroid dienone is 1. The Balaban J connectivity index is 1.86. The molecule has 0 bridgehead atoms. The van der Waals surface area contributed by atoms with E-state index in [2.05, 4.69) is 11.1 Å². The number of hydrogen-bond donors (Lipinski definition) is 0. The van der Waals surface area contributed by atoms with Gasteiger partial charge in [0.25, 0.3) is 0 Å². The Bertz CT molecular complexity index is 1020. The van der Waals surface area contributed by atoms with Crippen LogP contribution in [0.5, 0.6) is 0 Å². The number of para-hydroxylation sites is 1. The molecule has 4 nitrogen and oxygen atoms in total. The molecule has 1 saturated heterocycles. The van der Waals surface area contributed by atoms with E-state index in [1.165, 1.54) is 52.3 Å². The summed E-state index contributed by atoms with van der Waals surface area (Å²) in [6.07, 6.45) is 0. The number of rotatable bonds is 2. The molecule has 2 aromatic carbocycles. The number of thioether (sulfide) groups is 1. The molecule has 1 fully saturated rings. The number of aromatic nitrogens is 1. The summed E-state index contributed by atoms with van der Waals surface area (Å²) < 4.78 is 14.2. The van der Waals surface area contributed by atoms with Crippen LogP contribution in [0, 0.1) is 17.1 Å². The average Bonchev–Trinajstić information content (AvgIpc) is 3.21. The minimum Gasteiger partial charge on any atom is -0.273 e. The maximum absolute atomic E-state index is 13.2. The Kier molecular flexibility index (Phi) is 3.99. The van der Waals surface area contributed by atoms with Crippen molar-refractivity contribution in [3.8, 4) is 6.07 Å². The van der Waals surface area contributed by atoms with Gasteiger partial charge in [-0.05, 0) is 36.4 Å². The highest BCUT2D eigenvalue weighted by atomic mass is 32.2. The molecule has 0 unspecified atom stereocenters. The second kappa shape index (κ2) is 6.31. The standard InChI is InChI=1S/C18H10FN3OS2/c19-11-5-7-12(8-6-11)22-16(23)10-24-18(22)13(9-20)17-21-14-3-1-2-4-15(14)25-17/h1-8H,10H2. The van der Waals surface area contributed by atoms with E-state index < -0.39 is 0 Å². The third kappa shape index (κ3) is 2.80. The first-order valence-corrected chi connectivity index (χ1v) is 9.19. The van der Waals surface area contributed by atoms with Crippen molar-refractivity contribution < 1.29 is 9.18 Å². The topological polar surface area (TPSA) is 57.0 Å². The van der Waals surface area contributed by atoms with E-state index in [1.807, 2.05) is 24.3 Å². The van der Waals surface area contributed by atoms with Gasteiger partial charge in [0.05, 0.1) is 16.0 Å². The maximum Gasteiger partial charge on any atom is 0.242 e. The fraction of sp³-hybridized carbons (Fsp3) is 0.0556. The molecule has 0 radical (unpaired) electrons. The highest BCUT2D eigenvalue weighted by Crippen LogP contribution is 2.40. The summed E-state index contributed by atoms with van der Waals surface area (Å²) in [4.78, 5) is 18.3. The number of nitrogens with zero attached hydrogens (tertiary/aromatic N) is 3. The predicted octanol–water partition coefficient (Wildman–Crippen LogP) is 4.41. The summed E-state index contributed by atoms with van der Waals surface area (Å²) in [5.41, 5.74) is 1.72. The van der Waals surface area contributed by atoms with Crippen molar-refractivity contribution in [3.63, 3.8) is 0 Å². The highest BCUT2D eigenvalue weighted by molar-refractivity contribution is 8.04. The van der Waals surface area contributed by atoms with Gasteiger partial charge >= 0.3 is 0 Å². The van der Waals surface area contributed by atoms with Gasteiger partial charge in [-0.3, -0.25) is 9.69 Å². The van der Waals surface area contributed by atoms with Gasteiger partial charge in [-0.15, -0.1) is 11.3 Å². The zero-order valence-electron chi connectivity index (χ0n) is 12.8. The van der Waals surface area contributed by atoms with Crippen LogP contribution in [0.4, 0.5) is 10.1 Å². The lowest BCUT2D eigenvalue weighted by atomic mass is 10.2. The van der Waals surface area contributed by atoms with Crippen molar-refractivity contribution in [2.75, 3.05) is 10.7 Å². The van der Waals surface area contributed by atoms with Crippen molar-refractivity contribution in [1.82, 2.24) is 4.98 Å². The summed E-state index contributed by atoms with van der Waals surface area (Å²) in [5, 5.41) is 10.8. The Labute approximate surface area is 151 Å². The third-order valence-corrected chi connectivity index (χ3v) is 5.81. The lowest BCUT2D eigenvalue weighted by molar-refractivity contribution is -0.115. The Morgan fingerprint density at radius 3 is 2.68 bits per heavy atom. The minimum atomic E-state index is -0.375. The summed E-state index contributed by atoms with van der Waals surface area (Å²) >= 11 is 2.72. The Hall–Kier alpha value is -2.69. The van der Waals surface area contributed by atoms with Gasteiger partial charge in [0.2, 0.25) is 5.91 Å². The smallest absolute Gasteiger partial charge is 0.242 e. The molecule has 1 aromatic heterocycles. The molecule has 25 heavy (non-hydrogen) atoms. The molecule has 122 valence electrons. The molecule has 1 amide bonds. The zero-order chi connectivity index (χ0) is 17.4. The van der Waals surface area contributed by atoms with Crippen LogP contribution in [0.25, 0.3) is 15.8 Å². The van der Waals surface area contributed by atoms with Crippen LogP contribution < -0.4 is 4.90 Å². The Morgan fingerprint density at radius 1 is 1.20 bits per heavy atom. The number of carbonyl (C=O) groups is 1. The summed E-state index contributed by atoms with van der Waals surface area (Å²) in [5.74, 6) is -0.274. The van der Waals surface area contributed by atoms with Crippen molar-refractivity contribution in [2.45, 2.75) is 0 Å². The number of carbonyl (C=O) groups excluding carboxylic acids is 1. The fourth-order valence-corrected chi connectivity index (χ4v) is 4.61. The number of benzene rings is 2. The van der Waals surface area contributed by atoms with E-state index in [1.54, 1.807) is 0 Å². The van der Waals surface area contributed by atoms with E-state index in [0.29, 0.717) is 21.3 Å². The van der Waals surface area contributed by atoms with Crippen LogP contribution in [-0.4, -0.2) is 16.6 Å². The van der Waals surface area contributed by atoms with Crippen LogP contribution in [0.3, 0.4) is 0 Å². The van der Waals surface area contributed by atoms with Gasteiger partial charge in [0, 0.05) is 5.69 Å². The average molecular weight is 367 g/mol. The molecule has 4 rings (SSSR count). The normalized spacial score (nSPS) is 16.3. The number of fused-ring (bicyclic) bond motifs is 1. The molecule has 1 aliphatic heterocycles. The van der Waals surface area contributed by atoms with Crippen molar-refractivity contribution in [2.24, 2.45) is 0 Å². The van der Waals surface area contributed by atoms with Crippen molar-refractivity contribution in [3.05, 3.63) is 64.4 Å². The minimum absolute atomic E-state index is 0.138. The second-order valence-electron chi connectivity index (χ2n) is 5.27. The molecular formula is C18H10FN3OS2. The lowest BCUT2D eigenvalue weighted by Crippen LogP contribution is -2.24. The number of halogens is 1. The number of amides is 1. The summed E-state index contributed by atoms with van der Waals surface area (Å²) in [7, 11) is 0. The van der Waals surface area contributed by atoms with E-state index in [0.717, 1.165) is 10.2 Å². The van der Waals surface area contributed by atoms with Crippen molar-refractivity contribution >= 4 is 50.5 Å². The van der Waals surface area contributed by atoms with Crippen LogP contribution in [0.2, 0.25) is 0 Å². The first-order chi connectivity index (χ1) is 12.2. The molecule has 0 spiro atoms. The number of anilines is 1. The van der Waals surface area contributed by atoms with Gasteiger partial charge in [-0.2, -0.15) is 5.26 Å². The third-order valence-electron chi connectivity index (χ3n) is 3.70. The molecule has 7 heteroatoms. The first-order valence-electron chi connectivity index (χ1n) is 7.39. The van der Waals surface area contributed by atoms with Gasteiger partial charge in [0.15, 0.2) is 0 Å². The van der Waals surface area contributed by atoms with E-state index in [-0.39, 0.29) is 17.5 Å². The van der Waals surface area contributed by atoms with Crippen molar-refractivity contribution in [1.29, 1.82) is 5.26 Å². The van der Waals surface area contributed by atoms with E-state index >= 15 is 0 Å². The maximum atomic E-state index is 13.2. The molecule has 2 heterocycles. The fourth-order valence-electron chi connectivity index (χ4n) is 2.57. The molecule has 1 aliphatic rings. The zero-order valence-corrected chi connectivity index (χ0v) is 14.4. The molecule has 0 saturated carbocycles. The number of thiazole rings is 1.